The number of ether oxygens (including phenoxy) is 1. The molecule has 0 amide bonds. The van der Waals surface area contributed by atoms with Crippen molar-refractivity contribution in [2.45, 2.75) is 30.7 Å². The zero-order chi connectivity index (χ0) is 9.30. The summed E-state index contributed by atoms with van der Waals surface area (Å²) in [6.45, 7) is -0.526. The molecule has 0 radical (unpaired) electrons. The minimum absolute atomic E-state index is 0. The Kier molecular flexibility index (Phi) is 5.92. The first kappa shape index (κ1) is 13.8. The van der Waals surface area contributed by atoms with Crippen LogP contribution >= 0.6 is 0 Å². The average Bonchev–Trinajstić information content (AvgIpc) is 2.08. The number of aliphatic hydroxyl groups excluding tert-OH is 5. The minimum atomic E-state index is -1.57. The van der Waals surface area contributed by atoms with Crippen LogP contribution in [0.2, 0.25) is 0 Å². The summed E-state index contributed by atoms with van der Waals surface area (Å²) in [6.07, 6.45) is -7.04. The van der Waals surface area contributed by atoms with E-state index in [1.807, 2.05) is 0 Å². The quantitative estimate of drug-likeness (QED) is 0.279. The third-order valence-corrected chi connectivity index (χ3v) is 1.87. The number of aliphatic hydroxyl groups is 5. The number of rotatable bonds is 1. The molecule has 1 heterocycles. The van der Waals surface area contributed by atoms with Crippen molar-refractivity contribution in [1.82, 2.24) is 0 Å². The van der Waals surface area contributed by atoms with Crippen LogP contribution in [0.1, 0.15) is 0 Å². The fourth-order valence-electron chi connectivity index (χ4n) is 1.08. The van der Waals surface area contributed by atoms with E-state index < -0.39 is 37.3 Å². The third-order valence-electron chi connectivity index (χ3n) is 1.87. The van der Waals surface area contributed by atoms with Crippen LogP contribution in [0.5, 0.6) is 0 Å². The van der Waals surface area contributed by atoms with Crippen LogP contribution in [0.25, 0.3) is 0 Å². The van der Waals surface area contributed by atoms with Gasteiger partial charge in [0, 0.05) is 0 Å². The number of hydrogen-bond acceptors (Lipinski definition) is 6. The molecule has 0 aromatic carbocycles. The molecule has 0 aliphatic carbocycles. The van der Waals surface area contributed by atoms with Crippen molar-refractivity contribution in [3.05, 3.63) is 0 Å². The molecule has 1 fully saturated rings. The molecule has 1 saturated heterocycles. The molecular formula is C6H13NaO6. The van der Waals surface area contributed by atoms with Crippen molar-refractivity contribution < 1.29 is 30.3 Å². The van der Waals surface area contributed by atoms with Gasteiger partial charge < -0.3 is 30.3 Å². The molecular weight excluding hydrogens is 191 g/mol. The van der Waals surface area contributed by atoms with Crippen molar-refractivity contribution in [2.75, 3.05) is 6.61 Å². The van der Waals surface area contributed by atoms with Crippen LogP contribution in [0.3, 0.4) is 0 Å². The van der Waals surface area contributed by atoms with Gasteiger partial charge in [0.1, 0.15) is 24.4 Å². The second-order valence-corrected chi connectivity index (χ2v) is 2.72. The predicted octanol–water partition coefficient (Wildman–Crippen LogP) is -3.87. The third kappa shape index (κ3) is 2.85. The van der Waals surface area contributed by atoms with Crippen molar-refractivity contribution in [2.24, 2.45) is 0 Å². The van der Waals surface area contributed by atoms with E-state index in [9.17, 15) is 0 Å². The Bertz CT molecular complexity index is 151. The maximum atomic E-state index is 9.12. The van der Waals surface area contributed by atoms with Crippen molar-refractivity contribution >= 4 is 29.6 Å². The fraction of sp³-hybridized carbons (Fsp3) is 1.00. The van der Waals surface area contributed by atoms with Gasteiger partial charge in [0.05, 0.1) is 6.61 Å². The van der Waals surface area contributed by atoms with Gasteiger partial charge in [-0.05, 0) is 0 Å². The van der Waals surface area contributed by atoms with E-state index in [-0.39, 0.29) is 29.6 Å². The Morgan fingerprint density at radius 3 is 1.92 bits per heavy atom. The van der Waals surface area contributed by atoms with Gasteiger partial charge in [0.2, 0.25) is 0 Å². The Hall–Kier alpha value is 0.760. The van der Waals surface area contributed by atoms with E-state index in [0.29, 0.717) is 0 Å². The maximum absolute atomic E-state index is 9.12. The summed E-state index contributed by atoms with van der Waals surface area (Å²) in [7, 11) is 0. The van der Waals surface area contributed by atoms with E-state index in [4.69, 9.17) is 25.5 Å². The molecule has 0 unspecified atom stereocenters. The Morgan fingerprint density at radius 1 is 0.923 bits per heavy atom. The molecule has 0 saturated carbocycles. The van der Waals surface area contributed by atoms with Gasteiger partial charge in [0.25, 0.3) is 0 Å². The molecule has 0 aromatic rings. The van der Waals surface area contributed by atoms with Crippen molar-refractivity contribution in [3.63, 3.8) is 0 Å². The standard InChI is InChI=1S/C6H12O6.Na.H/c7-1-2-3(8)4(9)5(10)6(11)12-2;;/h2-11H,1H2;;/t2-,3-,4+,5+,6+;;/m1../s1. The SMILES string of the molecule is OC[C@H]1O[C@H](O)[C@@H](O)[C@@H](O)[C@@H]1O.[NaH]. The van der Waals surface area contributed by atoms with Gasteiger partial charge >= 0.3 is 29.6 Å². The topological polar surface area (TPSA) is 110 Å². The van der Waals surface area contributed by atoms with Crippen LogP contribution in [0.15, 0.2) is 0 Å². The summed E-state index contributed by atoms with van der Waals surface area (Å²) in [5, 5.41) is 44.7. The van der Waals surface area contributed by atoms with Crippen LogP contribution in [-0.2, 0) is 4.74 Å². The first-order valence-electron chi connectivity index (χ1n) is 3.56. The van der Waals surface area contributed by atoms with Crippen molar-refractivity contribution in [1.29, 1.82) is 0 Å². The van der Waals surface area contributed by atoms with Crippen LogP contribution in [0.4, 0.5) is 0 Å². The van der Waals surface area contributed by atoms with Crippen molar-refractivity contribution in [3.8, 4) is 0 Å². The zero-order valence-corrected chi connectivity index (χ0v) is 6.24. The van der Waals surface area contributed by atoms with E-state index in [1.165, 1.54) is 0 Å². The normalized spacial score (nSPS) is 45.5. The first-order chi connectivity index (χ1) is 5.57. The van der Waals surface area contributed by atoms with E-state index >= 15 is 0 Å². The predicted molar refractivity (Wildman–Crippen MR) is 43.1 cm³/mol. The summed E-state index contributed by atoms with van der Waals surface area (Å²) in [4.78, 5) is 0. The van der Waals surface area contributed by atoms with Crippen LogP contribution in [0, 0.1) is 0 Å². The van der Waals surface area contributed by atoms with Crippen LogP contribution in [-0.4, -0.2) is 92.4 Å². The van der Waals surface area contributed by atoms with Gasteiger partial charge in [-0.15, -0.1) is 0 Å². The fourth-order valence-corrected chi connectivity index (χ4v) is 1.08. The van der Waals surface area contributed by atoms with Crippen LogP contribution < -0.4 is 0 Å². The molecule has 13 heavy (non-hydrogen) atoms. The Morgan fingerprint density at radius 2 is 1.46 bits per heavy atom. The Labute approximate surface area is 97.1 Å². The van der Waals surface area contributed by atoms with E-state index in [0.717, 1.165) is 0 Å². The molecule has 0 bridgehead atoms. The van der Waals surface area contributed by atoms with Gasteiger partial charge in [0.15, 0.2) is 6.29 Å². The van der Waals surface area contributed by atoms with Gasteiger partial charge in [-0.2, -0.15) is 0 Å². The summed E-state index contributed by atoms with van der Waals surface area (Å²) >= 11 is 0. The van der Waals surface area contributed by atoms with E-state index in [1.54, 1.807) is 0 Å². The van der Waals surface area contributed by atoms with Gasteiger partial charge in [-0.3, -0.25) is 0 Å². The van der Waals surface area contributed by atoms with Gasteiger partial charge in [-0.25, -0.2) is 0 Å². The molecule has 74 valence electrons. The molecule has 1 aliphatic rings. The molecule has 1 aliphatic heterocycles. The molecule has 1 rings (SSSR count). The summed E-state index contributed by atoms with van der Waals surface area (Å²) in [5.41, 5.74) is 0. The second kappa shape index (κ2) is 5.59. The Balaban J connectivity index is 0.00000144. The molecule has 0 aromatic heterocycles. The molecule has 7 heteroatoms. The first-order valence-corrected chi connectivity index (χ1v) is 3.56. The molecule has 6 nitrogen and oxygen atoms in total. The summed E-state index contributed by atoms with van der Waals surface area (Å²) in [5.74, 6) is 0. The monoisotopic (exact) mass is 204 g/mol. The molecule has 5 atom stereocenters. The van der Waals surface area contributed by atoms with Gasteiger partial charge in [-0.1, -0.05) is 0 Å². The second-order valence-electron chi connectivity index (χ2n) is 2.72. The molecule has 5 N–H and O–H groups in total. The zero-order valence-electron chi connectivity index (χ0n) is 6.24. The summed E-state index contributed by atoms with van der Waals surface area (Å²) < 4.78 is 4.58. The average molecular weight is 204 g/mol. The number of hydrogen-bond donors (Lipinski definition) is 5. The summed E-state index contributed by atoms with van der Waals surface area (Å²) in [6, 6.07) is 0. The van der Waals surface area contributed by atoms with E-state index in [2.05, 4.69) is 4.74 Å². The molecule has 0 spiro atoms.